The summed E-state index contributed by atoms with van der Waals surface area (Å²) in [5, 5.41) is 18.2. The Bertz CT molecular complexity index is 599. The van der Waals surface area contributed by atoms with Crippen LogP contribution in [0.5, 0.6) is 0 Å². The summed E-state index contributed by atoms with van der Waals surface area (Å²) in [6, 6.07) is 1.70. The van der Waals surface area contributed by atoms with Crippen LogP contribution < -0.4 is 0 Å². The molecule has 0 amide bonds. The smallest absolute Gasteiger partial charge is 0.339 e. The van der Waals surface area contributed by atoms with E-state index >= 15 is 0 Å². The monoisotopic (exact) mass is 232 g/mol. The number of carboxylic acids is 1. The Morgan fingerprint density at radius 1 is 1.47 bits per heavy atom. The van der Waals surface area contributed by atoms with E-state index < -0.39 is 5.97 Å². The summed E-state index contributed by atoms with van der Waals surface area (Å²) >= 11 is 0. The van der Waals surface area contributed by atoms with Gasteiger partial charge in [0.05, 0.1) is 12.3 Å². The molecule has 0 saturated heterocycles. The molecule has 2 aromatic rings. The van der Waals surface area contributed by atoms with Crippen molar-refractivity contribution in [1.29, 1.82) is 0 Å². The Hall–Kier alpha value is -1.88. The molecule has 5 heteroatoms. The second-order valence-corrected chi connectivity index (χ2v) is 4.39. The number of hydrogen-bond acceptors (Lipinski definition) is 3. The fourth-order valence-electron chi connectivity index (χ4n) is 2.04. The predicted octanol–water partition coefficient (Wildman–Crippen LogP) is 1.40. The van der Waals surface area contributed by atoms with Gasteiger partial charge in [-0.3, -0.25) is 0 Å². The molecule has 1 fully saturated rings. The lowest BCUT2D eigenvalue weighted by Gasteiger charge is -2.03. The maximum absolute atomic E-state index is 11.2. The van der Waals surface area contributed by atoms with Crippen LogP contribution >= 0.6 is 0 Å². The lowest BCUT2D eigenvalue weighted by Crippen LogP contribution is -2.02. The summed E-state index contributed by atoms with van der Waals surface area (Å²) in [5.74, 6) is -0.495. The minimum absolute atomic E-state index is 0.181. The molecule has 17 heavy (non-hydrogen) atoms. The van der Waals surface area contributed by atoms with E-state index in [0.717, 1.165) is 18.4 Å². The Kier molecular flexibility index (Phi) is 2.16. The van der Waals surface area contributed by atoms with Crippen molar-refractivity contribution in [3.8, 4) is 0 Å². The van der Waals surface area contributed by atoms with Gasteiger partial charge < -0.3 is 14.6 Å². The molecule has 1 aliphatic rings. The molecule has 2 heterocycles. The van der Waals surface area contributed by atoms with Crippen LogP contribution in [0.15, 0.2) is 18.5 Å². The third-order valence-corrected chi connectivity index (χ3v) is 3.06. The average Bonchev–Trinajstić information content (AvgIpc) is 3.07. The van der Waals surface area contributed by atoms with Crippen molar-refractivity contribution < 1.29 is 15.0 Å². The van der Waals surface area contributed by atoms with Gasteiger partial charge in [-0.05, 0) is 30.4 Å². The Morgan fingerprint density at radius 2 is 2.24 bits per heavy atom. The topological polar surface area (TPSA) is 74.8 Å². The van der Waals surface area contributed by atoms with Crippen LogP contribution in [0.4, 0.5) is 0 Å². The van der Waals surface area contributed by atoms with Gasteiger partial charge in [0.2, 0.25) is 0 Å². The number of aliphatic hydroxyl groups is 1. The van der Waals surface area contributed by atoms with Crippen molar-refractivity contribution in [2.24, 2.45) is 0 Å². The summed E-state index contributed by atoms with van der Waals surface area (Å²) in [7, 11) is 0. The van der Waals surface area contributed by atoms with Crippen molar-refractivity contribution in [2.45, 2.75) is 25.4 Å². The Labute approximate surface area is 97.3 Å². The van der Waals surface area contributed by atoms with Gasteiger partial charge in [-0.15, -0.1) is 0 Å². The van der Waals surface area contributed by atoms with Gasteiger partial charge in [0.25, 0.3) is 0 Å². The summed E-state index contributed by atoms with van der Waals surface area (Å²) in [5.41, 5.74) is 2.12. The average molecular weight is 232 g/mol. The zero-order valence-electron chi connectivity index (χ0n) is 9.13. The number of carbonyl (C=O) groups is 1. The molecule has 0 unspecified atom stereocenters. The second-order valence-electron chi connectivity index (χ2n) is 4.39. The molecule has 0 radical (unpaired) electrons. The third kappa shape index (κ3) is 1.68. The van der Waals surface area contributed by atoms with Gasteiger partial charge in [-0.25, -0.2) is 9.78 Å². The van der Waals surface area contributed by atoms with Crippen LogP contribution in [0.2, 0.25) is 0 Å². The van der Waals surface area contributed by atoms with Crippen LogP contribution in [0.1, 0.15) is 40.4 Å². The highest BCUT2D eigenvalue weighted by Gasteiger charge is 2.26. The Balaban J connectivity index is 2.25. The first-order valence-electron chi connectivity index (χ1n) is 5.54. The molecule has 0 aliphatic heterocycles. The zero-order valence-corrected chi connectivity index (χ0v) is 9.13. The molecular formula is C12H12N2O3. The summed E-state index contributed by atoms with van der Waals surface area (Å²) < 4.78 is 1.70. The number of carboxylic acid groups (broad SMARTS) is 1. The number of rotatable bonds is 3. The molecule has 5 nitrogen and oxygen atoms in total. The zero-order chi connectivity index (χ0) is 12.0. The van der Waals surface area contributed by atoms with Crippen molar-refractivity contribution in [2.75, 3.05) is 0 Å². The molecule has 1 aliphatic carbocycles. The molecule has 3 rings (SSSR count). The Morgan fingerprint density at radius 3 is 2.82 bits per heavy atom. The first kappa shape index (κ1) is 10.3. The molecular weight excluding hydrogens is 220 g/mol. The van der Waals surface area contributed by atoms with Crippen LogP contribution in [-0.4, -0.2) is 25.6 Å². The minimum atomic E-state index is -0.979. The maximum atomic E-state index is 11.2. The number of imidazole rings is 1. The normalized spacial score (nSPS) is 15.4. The maximum Gasteiger partial charge on any atom is 0.339 e. The number of pyridine rings is 1. The summed E-state index contributed by atoms with van der Waals surface area (Å²) in [6.45, 7) is -0.181. The first-order chi connectivity index (χ1) is 8.19. The molecule has 88 valence electrons. The number of nitrogens with zero attached hydrogens (tertiary/aromatic N) is 2. The molecule has 0 spiro atoms. The largest absolute Gasteiger partial charge is 0.478 e. The highest BCUT2D eigenvalue weighted by molar-refractivity contribution is 5.94. The molecule has 2 N–H and O–H groups in total. The van der Waals surface area contributed by atoms with E-state index in [1.165, 1.54) is 0 Å². The van der Waals surface area contributed by atoms with Crippen LogP contribution in [0, 0.1) is 0 Å². The number of aliphatic hydroxyl groups excluding tert-OH is 1. The molecule has 0 atom stereocenters. The number of aromatic carboxylic acids is 1. The number of aromatic nitrogens is 2. The van der Waals surface area contributed by atoms with E-state index in [9.17, 15) is 9.90 Å². The molecule has 0 aromatic carbocycles. The van der Waals surface area contributed by atoms with Crippen LogP contribution in [0.25, 0.3) is 5.65 Å². The van der Waals surface area contributed by atoms with Crippen molar-refractivity contribution in [1.82, 2.24) is 9.38 Å². The van der Waals surface area contributed by atoms with Gasteiger partial charge in [0.1, 0.15) is 5.56 Å². The summed E-state index contributed by atoms with van der Waals surface area (Å²) in [6.07, 6.45) is 5.82. The van der Waals surface area contributed by atoms with Gasteiger partial charge >= 0.3 is 5.97 Å². The van der Waals surface area contributed by atoms with E-state index in [1.807, 2.05) is 6.20 Å². The lowest BCUT2D eigenvalue weighted by molar-refractivity contribution is 0.0698. The summed E-state index contributed by atoms with van der Waals surface area (Å²) in [4.78, 5) is 15.3. The quantitative estimate of drug-likeness (QED) is 0.838. The second kappa shape index (κ2) is 3.56. The highest BCUT2D eigenvalue weighted by Crippen LogP contribution is 2.40. The lowest BCUT2D eigenvalue weighted by atomic mass is 10.1. The van der Waals surface area contributed by atoms with Gasteiger partial charge in [0, 0.05) is 12.4 Å². The van der Waals surface area contributed by atoms with Gasteiger partial charge in [-0.1, -0.05) is 0 Å². The third-order valence-electron chi connectivity index (χ3n) is 3.06. The van der Waals surface area contributed by atoms with Gasteiger partial charge in [-0.2, -0.15) is 0 Å². The first-order valence-corrected chi connectivity index (χ1v) is 5.54. The van der Waals surface area contributed by atoms with Crippen LogP contribution in [0.3, 0.4) is 0 Å². The van der Waals surface area contributed by atoms with Gasteiger partial charge in [0.15, 0.2) is 5.65 Å². The van der Waals surface area contributed by atoms with Crippen molar-refractivity contribution in [3.05, 3.63) is 35.3 Å². The van der Waals surface area contributed by atoms with Crippen molar-refractivity contribution >= 4 is 11.6 Å². The fourth-order valence-corrected chi connectivity index (χ4v) is 2.04. The van der Waals surface area contributed by atoms with E-state index in [2.05, 4.69) is 4.98 Å². The standard InChI is InChI=1S/C12H12N2O3/c15-6-9-5-14-4-8(7-1-2-7)3-10(12(16)17)11(14)13-9/h3-5,7,15H,1-2,6H2,(H,16,17). The van der Waals surface area contributed by atoms with E-state index in [-0.39, 0.29) is 12.2 Å². The minimum Gasteiger partial charge on any atom is -0.478 e. The van der Waals surface area contributed by atoms with Crippen LogP contribution in [-0.2, 0) is 6.61 Å². The highest BCUT2D eigenvalue weighted by atomic mass is 16.4. The van der Waals surface area contributed by atoms with Crippen molar-refractivity contribution in [3.63, 3.8) is 0 Å². The number of hydrogen-bond donors (Lipinski definition) is 2. The SMILES string of the molecule is O=C(O)c1cc(C2CC2)cn2cc(CO)nc12. The molecule has 2 aromatic heterocycles. The van der Waals surface area contributed by atoms with E-state index in [0.29, 0.717) is 17.3 Å². The molecule has 0 bridgehead atoms. The predicted molar refractivity (Wildman–Crippen MR) is 60.0 cm³/mol. The van der Waals surface area contributed by atoms with E-state index in [1.54, 1.807) is 16.7 Å². The van der Waals surface area contributed by atoms with E-state index in [4.69, 9.17) is 5.11 Å². The fraction of sp³-hybridized carbons (Fsp3) is 0.333. The molecule has 1 saturated carbocycles. The number of fused-ring (bicyclic) bond motifs is 1.